The molecule has 1 aliphatic carbocycles. The minimum Gasteiger partial charge on any atom is -0.507 e. The van der Waals surface area contributed by atoms with Gasteiger partial charge in [-0.3, -0.25) is 0 Å². The van der Waals surface area contributed by atoms with Crippen molar-refractivity contribution in [2.24, 2.45) is 0 Å². The molecule has 17 heavy (non-hydrogen) atoms. The zero-order chi connectivity index (χ0) is 13.3. The normalized spacial score (nSPS) is 13.5. The van der Waals surface area contributed by atoms with Gasteiger partial charge >= 0.3 is 6.18 Å². The van der Waals surface area contributed by atoms with Gasteiger partial charge in [0.2, 0.25) is 0 Å². The molecule has 1 N–H and O–H groups in total. The summed E-state index contributed by atoms with van der Waals surface area (Å²) in [6, 6.07) is 4.39. The van der Waals surface area contributed by atoms with Crippen LogP contribution in [0.4, 0.5) is 13.2 Å². The number of benzene rings is 1. The molecule has 0 heterocycles. The Morgan fingerprint density at radius 1 is 0.941 bits per heavy atom. The fourth-order valence-corrected chi connectivity index (χ4v) is 0.963. The highest BCUT2D eigenvalue weighted by Gasteiger charge is 2.33. The monoisotopic (exact) mass is 248 g/mol. The molecule has 1 fully saturated rings. The zero-order valence-electron chi connectivity index (χ0n) is 10.2. The smallest absolute Gasteiger partial charge is 0.419 e. The van der Waals surface area contributed by atoms with Gasteiger partial charge < -0.3 is 5.11 Å². The lowest BCUT2D eigenvalue weighted by atomic mass is 10.0. The average Bonchev–Trinajstić information content (AvgIpc) is 2.17. The number of hydrogen-bond donors (Lipinski definition) is 1. The van der Waals surface area contributed by atoms with Crippen LogP contribution in [0, 0.1) is 0 Å². The van der Waals surface area contributed by atoms with E-state index in [1.807, 2.05) is 13.8 Å². The average molecular weight is 248 g/mol. The van der Waals surface area contributed by atoms with Gasteiger partial charge in [0.15, 0.2) is 0 Å². The van der Waals surface area contributed by atoms with Gasteiger partial charge in [-0.15, -0.1) is 0 Å². The summed E-state index contributed by atoms with van der Waals surface area (Å²) < 4.78 is 35.7. The van der Waals surface area contributed by atoms with Crippen LogP contribution >= 0.6 is 0 Å². The molecule has 1 aromatic rings. The van der Waals surface area contributed by atoms with Crippen LogP contribution in [0.1, 0.15) is 45.1 Å². The largest absolute Gasteiger partial charge is 0.507 e. The fraction of sp³-hybridized carbons (Fsp3) is 0.538. The second-order valence-electron chi connectivity index (χ2n) is 3.43. The molecule has 1 aliphatic rings. The van der Waals surface area contributed by atoms with Crippen LogP contribution in [0.25, 0.3) is 0 Å². The number of rotatable bonds is 0. The minimum atomic E-state index is -4.47. The van der Waals surface area contributed by atoms with Crippen molar-refractivity contribution in [3.8, 4) is 5.75 Å². The van der Waals surface area contributed by atoms with Crippen LogP contribution in [0.5, 0.6) is 5.75 Å². The van der Waals surface area contributed by atoms with Gasteiger partial charge in [0.05, 0.1) is 5.56 Å². The van der Waals surface area contributed by atoms with Crippen molar-refractivity contribution in [3.63, 3.8) is 0 Å². The van der Waals surface area contributed by atoms with E-state index in [-0.39, 0.29) is 0 Å². The van der Waals surface area contributed by atoms with E-state index in [1.165, 1.54) is 37.8 Å². The van der Waals surface area contributed by atoms with E-state index in [4.69, 9.17) is 5.11 Å². The predicted molar refractivity (Wildman–Crippen MR) is 62.9 cm³/mol. The van der Waals surface area contributed by atoms with Crippen molar-refractivity contribution < 1.29 is 18.3 Å². The van der Waals surface area contributed by atoms with Crippen LogP contribution in [0.2, 0.25) is 0 Å². The molecule has 1 nitrogen and oxygen atoms in total. The highest BCUT2D eigenvalue weighted by atomic mass is 19.4. The maximum atomic E-state index is 11.9. The molecule has 0 radical (unpaired) electrons. The van der Waals surface area contributed by atoms with Crippen molar-refractivity contribution in [3.05, 3.63) is 29.8 Å². The summed E-state index contributed by atoms with van der Waals surface area (Å²) in [5.41, 5.74) is -1.000. The van der Waals surface area contributed by atoms with Crippen molar-refractivity contribution in [1.82, 2.24) is 0 Å². The van der Waals surface area contributed by atoms with Crippen LogP contribution in [-0.4, -0.2) is 5.11 Å². The Hall–Kier alpha value is -1.19. The highest BCUT2D eigenvalue weighted by molar-refractivity contribution is 5.33. The Balaban J connectivity index is 0.000000353. The molecule has 2 rings (SSSR count). The zero-order valence-corrected chi connectivity index (χ0v) is 10.2. The quantitative estimate of drug-likeness (QED) is 0.685. The third kappa shape index (κ3) is 6.19. The number of halogens is 3. The highest BCUT2D eigenvalue weighted by Crippen LogP contribution is 2.34. The minimum absolute atomic E-state index is 0.736. The summed E-state index contributed by atoms with van der Waals surface area (Å²) >= 11 is 0. The third-order valence-electron chi connectivity index (χ3n) is 2.21. The summed E-state index contributed by atoms with van der Waals surface area (Å²) in [7, 11) is 0. The van der Waals surface area contributed by atoms with Crippen molar-refractivity contribution in [1.29, 1.82) is 0 Å². The van der Waals surface area contributed by atoms with Gasteiger partial charge in [-0.1, -0.05) is 51.7 Å². The molecule has 98 valence electrons. The van der Waals surface area contributed by atoms with E-state index < -0.39 is 17.5 Å². The van der Waals surface area contributed by atoms with Crippen molar-refractivity contribution in [2.75, 3.05) is 0 Å². The lowest BCUT2D eigenvalue weighted by molar-refractivity contribution is -0.138. The van der Waals surface area contributed by atoms with Crippen LogP contribution < -0.4 is 0 Å². The summed E-state index contributed by atoms with van der Waals surface area (Å²) in [5.74, 6) is -0.736. The molecule has 0 atom stereocenters. The number of phenolic OH excluding ortho intramolecular Hbond substituents is 1. The molecule has 1 aromatic carbocycles. The van der Waals surface area contributed by atoms with E-state index in [2.05, 4.69) is 0 Å². The topological polar surface area (TPSA) is 20.2 Å². The third-order valence-corrected chi connectivity index (χ3v) is 2.21. The molecule has 0 aromatic heterocycles. The lowest BCUT2D eigenvalue weighted by Gasteiger charge is -2.06. The Labute approximate surface area is 100 Å². The van der Waals surface area contributed by atoms with Gasteiger partial charge in [0, 0.05) is 0 Å². The molecule has 0 amide bonds. The van der Waals surface area contributed by atoms with E-state index >= 15 is 0 Å². The van der Waals surface area contributed by atoms with Gasteiger partial charge in [-0.25, -0.2) is 0 Å². The lowest BCUT2D eigenvalue weighted by Crippen LogP contribution is -2.04. The maximum Gasteiger partial charge on any atom is 0.419 e. The number of hydrogen-bond acceptors (Lipinski definition) is 1. The molecular weight excluding hydrogens is 229 g/mol. The molecule has 1 saturated carbocycles. The molecule has 0 spiro atoms. The first kappa shape index (κ1) is 15.8. The molecule has 0 bridgehead atoms. The SMILES string of the molecule is C1CCC1.CC.Oc1ccccc1C(F)(F)F. The van der Waals surface area contributed by atoms with Crippen LogP contribution in [-0.2, 0) is 6.18 Å². The standard InChI is InChI=1S/C7H5F3O.C4H8.C2H6/c8-7(9,10)5-3-1-2-4-6(5)11;1-2-4-3-1;1-2/h1-4,11H;1-4H2;1-2H3. The maximum absolute atomic E-state index is 11.9. The molecular formula is C13H19F3O. The first-order valence-corrected chi connectivity index (χ1v) is 5.87. The summed E-state index contributed by atoms with van der Waals surface area (Å²) in [4.78, 5) is 0. The Kier molecular flexibility index (Phi) is 7.42. The number of phenols is 1. The van der Waals surface area contributed by atoms with Crippen molar-refractivity contribution >= 4 is 0 Å². The summed E-state index contributed by atoms with van der Waals surface area (Å²) in [5, 5.41) is 8.73. The molecule has 0 aliphatic heterocycles. The van der Waals surface area contributed by atoms with E-state index in [1.54, 1.807) is 0 Å². The Morgan fingerprint density at radius 3 is 1.59 bits per heavy atom. The first-order valence-electron chi connectivity index (χ1n) is 5.87. The molecule has 0 unspecified atom stereocenters. The van der Waals surface area contributed by atoms with Gasteiger partial charge in [0.1, 0.15) is 5.75 Å². The second kappa shape index (κ2) is 7.98. The number of alkyl halides is 3. The Morgan fingerprint density at radius 2 is 1.35 bits per heavy atom. The molecule has 0 saturated heterocycles. The molecule has 4 heteroatoms. The van der Waals surface area contributed by atoms with E-state index in [9.17, 15) is 13.2 Å². The number of para-hydroxylation sites is 1. The van der Waals surface area contributed by atoms with E-state index in [0.717, 1.165) is 12.1 Å². The predicted octanol–water partition coefficient (Wildman–Crippen LogP) is 5.00. The van der Waals surface area contributed by atoms with Crippen LogP contribution in [0.3, 0.4) is 0 Å². The fourth-order valence-electron chi connectivity index (χ4n) is 0.963. The summed E-state index contributed by atoms with van der Waals surface area (Å²) in [6.45, 7) is 4.00. The number of aromatic hydroxyl groups is 1. The van der Waals surface area contributed by atoms with Gasteiger partial charge in [-0.2, -0.15) is 13.2 Å². The van der Waals surface area contributed by atoms with E-state index in [0.29, 0.717) is 0 Å². The first-order chi connectivity index (χ1) is 8.02. The van der Waals surface area contributed by atoms with Crippen LogP contribution in [0.15, 0.2) is 24.3 Å². The van der Waals surface area contributed by atoms with Gasteiger partial charge in [-0.05, 0) is 12.1 Å². The summed E-state index contributed by atoms with van der Waals surface area (Å²) in [6.07, 6.45) is 1.53. The second-order valence-corrected chi connectivity index (χ2v) is 3.43. The van der Waals surface area contributed by atoms with Gasteiger partial charge in [0.25, 0.3) is 0 Å². The Bertz CT molecular complexity index is 300. The van der Waals surface area contributed by atoms with Crippen molar-refractivity contribution in [2.45, 2.75) is 45.7 Å².